The first-order chi connectivity index (χ1) is 15.3. The van der Waals surface area contributed by atoms with Gasteiger partial charge in [-0.3, -0.25) is 4.98 Å². The van der Waals surface area contributed by atoms with Crippen molar-refractivity contribution in [3.63, 3.8) is 0 Å². The first-order valence-electron chi connectivity index (χ1n) is 10.4. The van der Waals surface area contributed by atoms with Gasteiger partial charge in [0.25, 0.3) is 0 Å². The van der Waals surface area contributed by atoms with Crippen molar-refractivity contribution in [1.29, 1.82) is 0 Å². The van der Waals surface area contributed by atoms with Gasteiger partial charge < -0.3 is 5.11 Å². The van der Waals surface area contributed by atoms with Gasteiger partial charge in [-0.1, -0.05) is 84.9 Å². The summed E-state index contributed by atoms with van der Waals surface area (Å²) in [5, 5.41) is 16.2. The Bertz CT molecular complexity index is 1530. The van der Waals surface area contributed by atoms with E-state index in [1.54, 1.807) is 12.3 Å². The molecule has 0 saturated heterocycles. The normalized spacial score (nSPS) is 11.4. The van der Waals surface area contributed by atoms with Crippen LogP contribution in [0.1, 0.15) is 0 Å². The summed E-state index contributed by atoms with van der Waals surface area (Å²) < 4.78 is 0. The summed E-state index contributed by atoms with van der Waals surface area (Å²) in [5.41, 5.74) is 5.33. The minimum Gasteiger partial charge on any atom is -0.506 e. The van der Waals surface area contributed by atoms with Crippen molar-refractivity contribution in [3.05, 3.63) is 109 Å². The fourth-order valence-electron chi connectivity index (χ4n) is 4.71. The SMILES string of the molecule is Oc1ccc(-c2c3ccccc3c(-c3ccccc3)c3ccccc23)c2cccnc12. The van der Waals surface area contributed by atoms with Crippen molar-refractivity contribution < 1.29 is 5.11 Å². The molecule has 1 N–H and O–H groups in total. The van der Waals surface area contributed by atoms with Crippen LogP contribution in [-0.4, -0.2) is 10.1 Å². The molecule has 0 bridgehead atoms. The molecule has 0 aliphatic heterocycles. The summed E-state index contributed by atoms with van der Waals surface area (Å²) >= 11 is 0. The quantitative estimate of drug-likeness (QED) is 0.305. The Morgan fingerprint density at radius 1 is 0.484 bits per heavy atom. The van der Waals surface area contributed by atoms with E-state index in [1.807, 2.05) is 18.2 Å². The smallest absolute Gasteiger partial charge is 0.141 e. The molecule has 6 rings (SSSR count). The third-order valence-corrected chi connectivity index (χ3v) is 6.01. The van der Waals surface area contributed by atoms with Crippen LogP contribution in [-0.2, 0) is 0 Å². The zero-order valence-electron chi connectivity index (χ0n) is 16.8. The van der Waals surface area contributed by atoms with Crippen LogP contribution in [0.25, 0.3) is 54.7 Å². The van der Waals surface area contributed by atoms with Gasteiger partial charge in [0.15, 0.2) is 0 Å². The molecule has 1 heterocycles. The van der Waals surface area contributed by atoms with E-state index in [4.69, 9.17) is 0 Å². The largest absolute Gasteiger partial charge is 0.506 e. The van der Waals surface area contributed by atoms with Crippen LogP contribution < -0.4 is 0 Å². The molecule has 0 atom stereocenters. The number of nitrogens with zero attached hydrogens (tertiary/aromatic N) is 1. The van der Waals surface area contributed by atoms with Gasteiger partial charge in [0, 0.05) is 11.6 Å². The maximum atomic E-state index is 10.4. The van der Waals surface area contributed by atoms with Gasteiger partial charge in [0.2, 0.25) is 0 Å². The third-order valence-electron chi connectivity index (χ3n) is 6.01. The number of hydrogen-bond acceptors (Lipinski definition) is 2. The van der Waals surface area contributed by atoms with Gasteiger partial charge >= 0.3 is 0 Å². The molecule has 1 aromatic heterocycles. The molecule has 0 spiro atoms. The number of aromatic nitrogens is 1. The number of aromatic hydroxyl groups is 1. The van der Waals surface area contributed by atoms with Crippen LogP contribution in [0.4, 0.5) is 0 Å². The maximum Gasteiger partial charge on any atom is 0.141 e. The highest BCUT2D eigenvalue weighted by atomic mass is 16.3. The fraction of sp³-hybridized carbons (Fsp3) is 0. The number of phenols is 1. The third kappa shape index (κ3) is 2.69. The molecule has 6 aromatic rings. The lowest BCUT2D eigenvalue weighted by atomic mass is 9.85. The summed E-state index contributed by atoms with van der Waals surface area (Å²) in [4.78, 5) is 4.44. The molecule has 0 saturated carbocycles. The Kier molecular flexibility index (Phi) is 3.97. The van der Waals surface area contributed by atoms with E-state index in [-0.39, 0.29) is 5.75 Å². The maximum absolute atomic E-state index is 10.4. The Morgan fingerprint density at radius 2 is 1.03 bits per heavy atom. The number of rotatable bonds is 2. The highest BCUT2D eigenvalue weighted by Gasteiger charge is 2.18. The molecule has 0 radical (unpaired) electrons. The van der Waals surface area contributed by atoms with Gasteiger partial charge in [-0.05, 0) is 62.0 Å². The standard InChI is InChI=1S/C29H19NO/c31-26-17-16-24(25-15-8-18-30-29(25)26)28-22-13-6-4-11-20(22)27(19-9-2-1-3-10-19)21-12-5-7-14-23(21)28/h1-18,31H. The van der Waals surface area contributed by atoms with Gasteiger partial charge in [0.1, 0.15) is 11.3 Å². The van der Waals surface area contributed by atoms with Gasteiger partial charge in [-0.25, -0.2) is 0 Å². The number of fused-ring (bicyclic) bond motifs is 3. The minimum absolute atomic E-state index is 0.203. The van der Waals surface area contributed by atoms with Crippen LogP contribution in [0.5, 0.6) is 5.75 Å². The van der Waals surface area contributed by atoms with Crippen molar-refractivity contribution in [2.75, 3.05) is 0 Å². The van der Waals surface area contributed by atoms with E-state index in [2.05, 4.69) is 83.8 Å². The number of phenolic OH excluding ortho intramolecular Hbond substituents is 1. The molecule has 0 aliphatic carbocycles. The van der Waals surface area contributed by atoms with Crippen LogP contribution in [0, 0.1) is 0 Å². The first-order valence-corrected chi connectivity index (χ1v) is 10.4. The average Bonchev–Trinajstić information content (AvgIpc) is 2.84. The van der Waals surface area contributed by atoms with Crippen molar-refractivity contribution in [2.45, 2.75) is 0 Å². The Balaban J connectivity index is 1.85. The summed E-state index contributed by atoms with van der Waals surface area (Å²) in [7, 11) is 0. The fourth-order valence-corrected chi connectivity index (χ4v) is 4.71. The Hall–Kier alpha value is -4.17. The molecular formula is C29H19NO. The zero-order chi connectivity index (χ0) is 20.8. The predicted molar refractivity (Wildman–Crippen MR) is 129 cm³/mol. The van der Waals surface area contributed by atoms with E-state index in [0.717, 1.165) is 10.9 Å². The monoisotopic (exact) mass is 397 g/mol. The van der Waals surface area contributed by atoms with Crippen molar-refractivity contribution in [3.8, 4) is 28.0 Å². The topological polar surface area (TPSA) is 33.1 Å². The second kappa shape index (κ2) is 6.96. The molecular weight excluding hydrogens is 378 g/mol. The number of pyridine rings is 1. The number of benzene rings is 5. The summed E-state index contributed by atoms with van der Waals surface area (Å²) in [6, 6.07) is 35.5. The Morgan fingerprint density at radius 3 is 1.68 bits per heavy atom. The van der Waals surface area contributed by atoms with E-state index >= 15 is 0 Å². The lowest BCUT2D eigenvalue weighted by Crippen LogP contribution is -1.92. The van der Waals surface area contributed by atoms with E-state index in [1.165, 1.54) is 38.2 Å². The molecule has 146 valence electrons. The molecule has 0 aliphatic rings. The van der Waals surface area contributed by atoms with Crippen LogP contribution in [0.2, 0.25) is 0 Å². The van der Waals surface area contributed by atoms with E-state index in [0.29, 0.717) is 5.52 Å². The molecule has 0 fully saturated rings. The molecule has 0 amide bonds. The molecule has 2 heteroatoms. The second-order valence-electron chi connectivity index (χ2n) is 7.74. The second-order valence-corrected chi connectivity index (χ2v) is 7.74. The van der Waals surface area contributed by atoms with Crippen molar-refractivity contribution in [2.24, 2.45) is 0 Å². The summed E-state index contributed by atoms with van der Waals surface area (Å²) in [5.74, 6) is 0.203. The van der Waals surface area contributed by atoms with Crippen LogP contribution in [0.15, 0.2) is 109 Å². The Labute approximate surface area is 180 Å². The van der Waals surface area contributed by atoms with Crippen molar-refractivity contribution >= 4 is 32.4 Å². The summed E-state index contributed by atoms with van der Waals surface area (Å²) in [6.07, 6.45) is 1.72. The molecule has 2 nitrogen and oxygen atoms in total. The molecule has 31 heavy (non-hydrogen) atoms. The highest BCUT2D eigenvalue weighted by molar-refractivity contribution is 6.23. The molecule has 0 unspecified atom stereocenters. The zero-order valence-corrected chi connectivity index (χ0v) is 16.8. The predicted octanol–water partition coefficient (Wildman–Crippen LogP) is 7.58. The van der Waals surface area contributed by atoms with E-state index in [9.17, 15) is 5.11 Å². The van der Waals surface area contributed by atoms with Gasteiger partial charge in [0.05, 0.1) is 0 Å². The highest BCUT2D eigenvalue weighted by Crippen LogP contribution is 2.45. The lowest BCUT2D eigenvalue weighted by Gasteiger charge is -2.18. The first kappa shape index (κ1) is 17.7. The number of hydrogen-bond donors (Lipinski definition) is 1. The lowest BCUT2D eigenvalue weighted by molar-refractivity contribution is 0.480. The van der Waals surface area contributed by atoms with Crippen LogP contribution >= 0.6 is 0 Å². The van der Waals surface area contributed by atoms with Crippen LogP contribution in [0.3, 0.4) is 0 Å². The van der Waals surface area contributed by atoms with E-state index < -0.39 is 0 Å². The molecule has 5 aromatic carbocycles. The van der Waals surface area contributed by atoms with Gasteiger partial charge in [-0.2, -0.15) is 0 Å². The van der Waals surface area contributed by atoms with Crippen molar-refractivity contribution in [1.82, 2.24) is 4.98 Å². The summed E-state index contributed by atoms with van der Waals surface area (Å²) in [6.45, 7) is 0. The average molecular weight is 397 g/mol. The minimum atomic E-state index is 0.203. The van der Waals surface area contributed by atoms with Gasteiger partial charge in [-0.15, -0.1) is 0 Å².